The van der Waals surface area contributed by atoms with Crippen molar-refractivity contribution >= 4 is 43.4 Å². The summed E-state index contributed by atoms with van der Waals surface area (Å²) in [6.45, 7) is 5.32. The fraction of sp³-hybridized carbons (Fsp3) is 0.429. The molecule has 3 heterocycles. The second kappa shape index (κ2) is 12.5. The second-order valence-corrected chi connectivity index (χ2v) is 12.7. The van der Waals surface area contributed by atoms with Gasteiger partial charge in [0.2, 0.25) is 10.0 Å². The Morgan fingerprint density at radius 2 is 1.48 bits per heavy atom. The van der Waals surface area contributed by atoms with Gasteiger partial charge in [-0.3, -0.25) is 14.5 Å². The van der Waals surface area contributed by atoms with E-state index < -0.39 is 27.8 Å². The predicted octanol–water partition coefficient (Wildman–Crippen LogP) is 2.61. The number of benzene rings is 2. The van der Waals surface area contributed by atoms with Crippen LogP contribution in [-0.2, 0) is 29.1 Å². The quantitative estimate of drug-likeness (QED) is 0.268. The first-order valence-electron chi connectivity index (χ1n) is 13.3. The monoisotopic (exact) mass is 633 g/mol. The average Bonchev–Trinajstić information content (AvgIpc) is 3.23. The van der Waals surface area contributed by atoms with E-state index in [0.29, 0.717) is 45.0 Å². The lowest BCUT2D eigenvalue weighted by Crippen LogP contribution is -2.40. The van der Waals surface area contributed by atoms with Crippen molar-refractivity contribution in [3.63, 3.8) is 0 Å². The van der Waals surface area contributed by atoms with Crippen LogP contribution < -0.4 is 0 Å². The van der Waals surface area contributed by atoms with Crippen LogP contribution in [0.25, 0.3) is 5.76 Å². The number of nitrogens with zero attached hydrogens (tertiary/aromatic N) is 3. The molecular weight excluding hydrogens is 602 g/mol. The van der Waals surface area contributed by atoms with E-state index in [2.05, 4.69) is 20.8 Å². The minimum Gasteiger partial charge on any atom is -0.507 e. The molecule has 3 aliphatic heterocycles. The van der Waals surface area contributed by atoms with Crippen molar-refractivity contribution < 1.29 is 32.6 Å². The lowest BCUT2D eigenvalue weighted by Gasteiger charge is -2.29. The van der Waals surface area contributed by atoms with Gasteiger partial charge in [0.25, 0.3) is 11.7 Å². The van der Waals surface area contributed by atoms with Gasteiger partial charge in [0.05, 0.1) is 42.9 Å². The number of rotatable bonds is 8. The fourth-order valence-electron chi connectivity index (χ4n) is 5.27. The van der Waals surface area contributed by atoms with E-state index in [1.54, 1.807) is 0 Å². The number of ketones is 1. The van der Waals surface area contributed by atoms with Gasteiger partial charge in [-0.2, -0.15) is 4.31 Å². The summed E-state index contributed by atoms with van der Waals surface area (Å²) >= 11 is 3.43. The molecule has 40 heavy (non-hydrogen) atoms. The number of morpholine rings is 2. The van der Waals surface area contributed by atoms with Crippen LogP contribution in [0.3, 0.4) is 0 Å². The number of hydrogen-bond acceptors (Lipinski definition) is 8. The van der Waals surface area contributed by atoms with Gasteiger partial charge in [-0.05, 0) is 48.4 Å². The highest BCUT2D eigenvalue weighted by Gasteiger charge is 2.45. The number of carbonyl (C=O) groups is 2. The van der Waals surface area contributed by atoms with Gasteiger partial charge in [0.15, 0.2) is 0 Å². The van der Waals surface area contributed by atoms with Gasteiger partial charge in [-0.15, -0.1) is 0 Å². The largest absolute Gasteiger partial charge is 0.507 e. The van der Waals surface area contributed by atoms with E-state index in [1.165, 1.54) is 33.5 Å². The van der Waals surface area contributed by atoms with Crippen LogP contribution in [0.2, 0.25) is 0 Å². The van der Waals surface area contributed by atoms with Gasteiger partial charge >= 0.3 is 0 Å². The van der Waals surface area contributed by atoms with Crippen LogP contribution >= 0.6 is 15.9 Å². The summed E-state index contributed by atoms with van der Waals surface area (Å²) in [6.07, 6.45) is 0.661. The van der Waals surface area contributed by atoms with Gasteiger partial charge in [-0.1, -0.05) is 28.1 Å². The van der Waals surface area contributed by atoms with Gasteiger partial charge in [0, 0.05) is 49.3 Å². The number of sulfonamides is 1. The molecule has 10 nitrogen and oxygen atoms in total. The summed E-state index contributed by atoms with van der Waals surface area (Å²) in [5, 5.41) is 11.4. The zero-order chi connectivity index (χ0) is 28.3. The highest BCUT2D eigenvalue weighted by atomic mass is 79.9. The third kappa shape index (κ3) is 6.02. The first-order chi connectivity index (χ1) is 19.3. The van der Waals surface area contributed by atoms with Gasteiger partial charge in [-0.25, -0.2) is 8.42 Å². The Morgan fingerprint density at radius 1 is 0.875 bits per heavy atom. The average molecular weight is 635 g/mol. The van der Waals surface area contributed by atoms with E-state index in [4.69, 9.17) is 9.47 Å². The number of halogens is 1. The molecule has 0 bridgehead atoms. The predicted molar refractivity (Wildman–Crippen MR) is 151 cm³/mol. The van der Waals surface area contributed by atoms with Crippen molar-refractivity contribution in [3.8, 4) is 0 Å². The third-order valence-corrected chi connectivity index (χ3v) is 9.88. The minimum atomic E-state index is -3.72. The Balaban J connectivity index is 1.44. The highest BCUT2D eigenvalue weighted by molar-refractivity contribution is 9.10. The van der Waals surface area contributed by atoms with E-state index >= 15 is 0 Å². The van der Waals surface area contributed by atoms with E-state index in [1.807, 2.05) is 24.3 Å². The summed E-state index contributed by atoms with van der Waals surface area (Å²) < 4.78 is 38.9. The summed E-state index contributed by atoms with van der Waals surface area (Å²) in [6, 6.07) is 12.3. The molecule has 3 saturated heterocycles. The number of likely N-dealkylation sites (tertiary alicyclic amines) is 1. The standard InChI is InChI=1S/C28H32BrN3O7S/c29-22-6-2-20(3-7-22)25-24(27(34)28(35)32(25)11-1-10-30-12-16-38-17-13-30)26(33)21-4-8-23(9-5-21)40(36,37)31-14-18-39-19-15-31/h2-9,25,33H,1,10-19H2/b26-24-. The molecule has 5 rings (SSSR count). The number of amides is 1. The van der Waals surface area contributed by atoms with Crippen LogP contribution in [0.1, 0.15) is 23.6 Å². The molecular formula is C28H32BrN3O7S. The lowest BCUT2D eigenvalue weighted by atomic mass is 9.95. The Bertz CT molecular complexity index is 1370. The maximum absolute atomic E-state index is 13.3. The van der Waals surface area contributed by atoms with Crippen LogP contribution in [0, 0.1) is 0 Å². The molecule has 2 aromatic rings. The normalized spacial score (nSPS) is 22.6. The SMILES string of the molecule is O=C1C(=O)N(CCCN2CCOCC2)C(c2ccc(Br)cc2)/C1=C(/O)c1ccc(S(=O)(=O)N2CCOCC2)cc1. The van der Waals surface area contributed by atoms with Crippen molar-refractivity contribution in [2.24, 2.45) is 0 Å². The van der Waals surface area contributed by atoms with E-state index in [0.717, 1.165) is 24.1 Å². The van der Waals surface area contributed by atoms with E-state index in [-0.39, 0.29) is 34.9 Å². The summed E-state index contributed by atoms with van der Waals surface area (Å²) in [5.74, 6) is -1.76. The number of Topliss-reactive ketones (excluding diaryl/α,β-unsaturated/α-hetero) is 1. The molecule has 1 N–H and O–H groups in total. The fourth-order valence-corrected chi connectivity index (χ4v) is 6.94. The van der Waals surface area contributed by atoms with Crippen molar-refractivity contribution in [2.75, 3.05) is 65.7 Å². The number of carbonyl (C=O) groups excluding carboxylic acids is 2. The molecule has 0 spiro atoms. The summed E-state index contributed by atoms with van der Waals surface area (Å²) in [4.78, 5) is 30.4. The Kier molecular flexibility index (Phi) is 9.03. The first kappa shape index (κ1) is 28.9. The second-order valence-electron chi connectivity index (χ2n) is 9.89. The Labute approximate surface area is 242 Å². The molecule has 1 amide bonds. The molecule has 0 saturated carbocycles. The molecule has 0 radical (unpaired) electrons. The lowest BCUT2D eigenvalue weighted by molar-refractivity contribution is -0.140. The Morgan fingerprint density at radius 3 is 2.10 bits per heavy atom. The Hall–Kier alpha value is -2.61. The van der Waals surface area contributed by atoms with Gasteiger partial charge < -0.3 is 19.5 Å². The zero-order valence-electron chi connectivity index (χ0n) is 22.0. The van der Waals surface area contributed by atoms with Crippen molar-refractivity contribution in [3.05, 3.63) is 69.7 Å². The molecule has 0 aromatic heterocycles. The zero-order valence-corrected chi connectivity index (χ0v) is 24.4. The molecule has 2 aromatic carbocycles. The van der Waals surface area contributed by atoms with Crippen molar-refractivity contribution in [1.29, 1.82) is 0 Å². The number of hydrogen-bond donors (Lipinski definition) is 1. The smallest absolute Gasteiger partial charge is 0.295 e. The third-order valence-electron chi connectivity index (χ3n) is 7.44. The first-order valence-corrected chi connectivity index (χ1v) is 15.5. The molecule has 12 heteroatoms. The molecule has 214 valence electrons. The number of aliphatic hydroxyl groups is 1. The topological polar surface area (TPSA) is 117 Å². The molecule has 0 aliphatic carbocycles. The molecule has 3 aliphatic rings. The maximum atomic E-state index is 13.3. The van der Waals surface area contributed by atoms with Crippen LogP contribution in [-0.4, -0.2) is 105 Å². The minimum absolute atomic E-state index is 0.0116. The maximum Gasteiger partial charge on any atom is 0.295 e. The highest BCUT2D eigenvalue weighted by Crippen LogP contribution is 2.40. The number of aliphatic hydroxyl groups excluding tert-OH is 1. The number of ether oxygens (including phenoxy) is 2. The van der Waals surface area contributed by atoms with Crippen molar-refractivity contribution in [2.45, 2.75) is 17.4 Å². The van der Waals surface area contributed by atoms with E-state index in [9.17, 15) is 23.1 Å². The van der Waals surface area contributed by atoms with Gasteiger partial charge in [0.1, 0.15) is 5.76 Å². The molecule has 3 fully saturated rings. The molecule has 1 atom stereocenters. The molecule has 1 unspecified atom stereocenters. The van der Waals surface area contributed by atoms with Crippen molar-refractivity contribution in [1.82, 2.24) is 14.1 Å². The summed E-state index contributed by atoms with van der Waals surface area (Å²) in [5.41, 5.74) is 0.943. The van der Waals surface area contributed by atoms with Crippen LogP contribution in [0.4, 0.5) is 0 Å². The van der Waals surface area contributed by atoms with Crippen LogP contribution in [0.5, 0.6) is 0 Å². The van der Waals surface area contributed by atoms with Crippen LogP contribution in [0.15, 0.2) is 63.5 Å². The summed E-state index contributed by atoms with van der Waals surface area (Å²) in [7, 11) is -3.72.